The minimum Gasteiger partial charge on any atom is -0.363 e. The molecule has 2 saturated heterocycles. The van der Waals surface area contributed by atoms with E-state index in [1.807, 2.05) is 62.3 Å². The summed E-state index contributed by atoms with van der Waals surface area (Å²) in [6.45, 7) is 10.2. The number of hydrogen-bond acceptors (Lipinski definition) is 9. The lowest BCUT2D eigenvalue weighted by Crippen LogP contribution is -2.61. The van der Waals surface area contributed by atoms with Gasteiger partial charge >= 0.3 is 0 Å². The highest BCUT2D eigenvalue weighted by atomic mass is 16.5. The van der Waals surface area contributed by atoms with Gasteiger partial charge in [0, 0.05) is 68.4 Å². The van der Waals surface area contributed by atoms with E-state index < -0.39 is 5.60 Å². The number of carbonyl (C=O) groups is 1. The average Bonchev–Trinajstić information content (AvgIpc) is 3.57. The molecular formula is C28H34N10O2. The SMILES string of the molecule is Cc1cnn(-c2ccc(C(C)N3CCOC4(CCN(c5nc(C)cc(Nc6cc(C)[nH]n6)n5)CC4)C3=O)cn2)c1. The average molecular weight is 543 g/mol. The molecule has 6 rings (SSSR count). The van der Waals surface area contributed by atoms with Crippen LogP contribution in [0.4, 0.5) is 17.6 Å². The number of H-pyrrole nitrogens is 1. The Bertz CT molecular complexity index is 1500. The number of piperidine rings is 1. The van der Waals surface area contributed by atoms with Gasteiger partial charge in [0.05, 0.1) is 18.8 Å². The molecule has 0 saturated carbocycles. The second-order valence-electron chi connectivity index (χ2n) is 10.7. The van der Waals surface area contributed by atoms with Crippen LogP contribution in [0.5, 0.6) is 0 Å². The number of aromatic nitrogens is 7. The molecule has 1 amide bonds. The van der Waals surface area contributed by atoms with Gasteiger partial charge in [-0.15, -0.1) is 0 Å². The van der Waals surface area contributed by atoms with Crippen LogP contribution in [0.1, 0.15) is 48.3 Å². The van der Waals surface area contributed by atoms with Crippen molar-refractivity contribution in [3.05, 3.63) is 65.4 Å². The van der Waals surface area contributed by atoms with Crippen LogP contribution < -0.4 is 10.2 Å². The Morgan fingerprint density at radius 3 is 2.55 bits per heavy atom. The molecule has 12 nitrogen and oxygen atoms in total. The van der Waals surface area contributed by atoms with E-state index in [1.165, 1.54) is 0 Å². The van der Waals surface area contributed by atoms with Crippen LogP contribution in [-0.2, 0) is 9.53 Å². The Hall–Kier alpha value is -4.32. The van der Waals surface area contributed by atoms with Crippen LogP contribution in [0.2, 0.25) is 0 Å². The number of hydrogen-bond donors (Lipinski definition) is 2. The number of pyridine rings is 1. The Morgan fingerprint density at radius 2 is 1.88 bits per heavy atom. The Balaban J connectivity index is 1.13. The molecule has 0 aliphatic carbocycles. The Morgan fingerprint density at radius 1 is 1.05 bits per heavy atom. The predicted molar refractivity (Wildman–Crippen MR) is 150 cm³/mol. The minimum atomic E-state index is -0.833. The first-order valence-electron chi connectivity index (χ1n) is 13.6. The fourth-order valence-electron chi connectivity index (χ4n) is 5.43. The van der Waals surface area contributed by atoms with Crippen LogP contribution in [0.15, 0.2) is 42.9 Å². The third kappa shape index (κ3) is 5.02. The number of rotatable bonds is 6. The normalized spacial score (nSPS) is 17.9. The van der Waals surface area contributed by atoms with Crippen LogP contribution in [0.3, 0.4) is 0 Å². The monoisotopic (exact) mass is 542 g/mol. The maximum atomic E-state index is 13.9. The maximum absolute atomic E-state index is 13.9. The zero-order chi connectivity index (χ0) is 27.9. The summed E-state index contributed by atoms with van der Waals surface area (Å²) in [5.41, 5.74) is 3.04. The standard InChI is InChI=1S/C28H34N10O2/c1-18-15-30-38(17-18)25-6-5-22(16-29-25)21(4)37-11-12-40-28(26(37)39)7-9-36(10-8-28)27-31-19(2)13-23(33-27)32-24-14-20(3)34-35-24/h5-6,13-17,21H,7-12H2,1-4H3,(H2,31,32,33,34,35). The molecule has 0 radical (unpaired) electrons. The van der Waals surface area contributed by atoms with E-state index in [1.54, 1.807) is 10.9 Å². The smallest absolute Gasteiger partial charge is 0.255 e. The molecule has 2 fully saturated rings. The van der Waals surface area contributed by atoms with E-state index in [4.69, 9.17) is 9.72 Å². The summed E-state index contributed by atoms with van der Waals surface area (Å²) < 4.78 is 7.97. The van der Waals surface area contributed by atoms with Gasteiger partial charge in [-0.05, 0) is 44.9 Å². The van der Waals surface area contributed by atoms with E-state index in [0.29, 0.717) is 56.7 Å². The van der Waals surface area contributed by atoms with Crippen LogP contribution in [-0.4, -0.2) is 77.6 Å². The molecule has 4 aromatic heterocycles. The molecule has 4 aromatic rings. The number of nitrogens with zero attached hydrogens (tertiary/aromatic N) is 8. The minimum absolute atomic E-state index is 0.0408. The Labute approximate surface area is 232 Å². The largest absolute Gasteiger partial charge is 0.363 e. The van der Waals surface area contributed by atoms with Crippen molar-refractivity contribution in [1.29, 1.82) is 0 Å². The van der Waals surface area contributed by atoms with Gasteiger partial charge in [0.25, 0.3) is 5.91 Å². The number of ether oxygens (including phenoxy) is 1. The Kier molecular flexibility index (Phi) is 6.70. The number of nitrogens with one attached hydrogen (secondary N) is 2. The highest BCUT2D eigenvalue weighted by molar-refractivity contribution is 5.86. The highest BCUT2D eigenvalue weighted by Crippen LogP contribution is 2.36. The van der Waals surface area contributed by atoms with E-state index >= 15 is 0 Å². The molecule has 1 unspecified atom stereocenters. The molecule has 40 heavy (non-hydrogen) atoms. The first kappa shape index (κ1) is 25.9. The van der Waals surface area contributed by atoms with E-state index in [2.05, 4.69) is 42.4 Å². The molecule has 2 aliphatic rings. The number of amides is 1. The molecule has 1 spiro atoms. The predicted octanol–water partition coefficient (Wildman–Crippen LogP) is 3.41. The topological polar surface area (TPSA) is 130 Å². The number of aromatic amines is 1. The van der Waals surface area contributed by atoms with Gasteiger partial charge in [0.15, 0.2) is 11.6 Å². The first-order valence-corrected chi connectivity index (χ1v) is 13.6. The van der Waals surface area contributed by atoms with Crippen molar-refractivity contribution in [3.63, 3.8) is 0 Å². The first-order chi connectivity index (χ1) is 19.3. The number of aryl methyl sites for hydroxylation is 3. The summed E-state index contributed by atoms with van der Waals surface area (Å²) in [5, 5.41) is 14.7. The summed E-state index contributed by atoms with van der Waals surface area (Å²) in [4.78, 5) is 31.9. The van der Waals surface area contributed by atoms with Crippen LogP contribution >= 0.6 is 0 Å². The van der Waals surface area contributed by atoms with E-state index in [0.717, 1.165) is 28.3 Å². The van der Waals surface area contributed by atoms with E-state index in [-0.39, 0.29) is 11.9 Å². The molecule has 6 heterocycles. The van der Waals surface area contributed by atoms with Gasteiger partial charge in [-0.2, -0.15) is 15.2 Å². The molecular weight excluding hydrogens is 508 g/mol. The third-order valence-corrected chi connectivity index (χ3v) is 7.69. The molecule has 12 heteroatoms. The third-order valence-electron chi connectivity index (χ3n) is 7.69. The van der Waals surface area contributed by atoms with Crippen molar-refractivity contribution in [2.75, 3.05) is 36.5 Å². The fourth-order valence-corrected chi connectivity index (χ4v) is 5.43. The van der Waals surface area contributed by atoms with Crippen LogP contribution in [0.25, 0.3) is 5.82 Å². The lowest BCUT2D eigenvalue weighted by Gasteiger charge is -2.47. The van der Waals surface area contributed by atoms with Crippen molar-refractivity contribution < 1.29 is 9.53 Å². The van der Waals surface area contributed by atoms with Gasteiger partial charge in [-0.3, -0.25) is 9.89 Å². The summed E-state index contributed by atoms with van der Waals surface area (Å²) in [6.07, 6.45) is 6.72. The summed E-state index contributed by atoms with van der Waals surface area (Å²) in [7, 11) is 0. The van der Waals surface area contributed by atoms with Crippen molar-refractivity contribution in [3.8, 4) is 5.82 Å². The summed E-state index contributed by atoms with van der Waals surface area (Å²) >= 11 is 0. The van der Waals surface area contributed by atoms with Gasteiger partial charge in [0.1, 0.15) is 11.4 Å². The number of carbonyl (C=O) groups excluding carboxylic acids is 1. The lowest BCUT2D eigenvalue weighted by molar-refractivity contribution is -0.178. The number of morpholine rings is 1. The summed E-state index contributed by atoms with van der Waals surface area (Å²) in [5.74, 6) is 2.81. The van der Waals surface area contributed by atoms with Gasteiger partial charge in [-0.1, -0.05) is 6.07 Å². The second-order valence-corrected chi connectivity index (χ2v) is 10.7. The van der Waals surface area contributed by atoms with Gasteiger partial charge in [0.2, 0.25) is 5.95 Å². The van der Waals surface area contributed by atoms with Gasteiger partial charge in [-0.25, -0.2) is 14.6 Å². The van der Waals surface area contributed by atoms with Gasteiger partial charge < -0.3 is 19.9 Å². The van der Waals surface area contributed by atoms with E-state index in [9.17, 15) is 4.79 Å². The quantitative estimate of drug-likeness (QED) is 0.376. The molecule has 1 atom stereocenters. The number of anilines is 3. The van der Waals surface area contributed by atoms with Crippen molar-refractivity contribution in [1.82, 2.24) is 39.8 Å². The zero-order valence-corrected chi connectivity index (χ0v) is 23.3. The van der Waals surface area contributed by atoms with Crippen LogP contribution in [0, 0.1) is 20.8 Å². The fraction of sp³-hybridized carbons (Fsp3) is 0.429. The molecule has 0 aromatic carbocycles. The molecule has 208 valence electrons. The second kappa shape index (κ2) is 10.3. The highest BCUT2D eigenvalue weighted by Gasteiger charge is 2.48. The summed E-state index contributed by atoms with van der Waals surface area (Å²) in [6, 6.07) is 7.66. The maximum Gasteiger partial charge on any atom is 0.255 e. The molecule has 0 bridgehead atoms. The van der Waals surface area contributed by atoms with Crippen molar-refractivity contribution in [2.45, 2.75) is 52.2 Å². The van der Waals surface area contributed by atoms with Crippen molar-refractivity contribution >= 4 is 23.5 Å². The molecule has 2 aliphatic heterocycles. The van der Waals surface area contributed by atoms with Crippen molar-refractivity contribution in [2.24, 2.45) is 0 Å². The molecule has 2 N–H and O–H groups in total. The lowest BCUT2D eigenvalue weighted by atomic mass is 9.87. The zero-order valence-electron chi connectivity index (χ0n) is 23.3.